The van der Waals surface area contributed by atoms with Gasteiger partial charge in [0.1, 0.15) is 11.8 Å². The van der Waals surface area contributed by atoms with Crippen molar-refractivity contribution in [1.29, 1.82) is 5.26 Å². The van der Waals surface area contributed by atoms with Gasteiger partial charge in [-0.2, -0.15) is 5.26 Å². The molecule has 3 nitrogen and oxygen atoms in total. The van der Waals surface area contributed by atoms with Crippen LogP contribution in [0.25, 0.3) is 0 Å². The molecule has 0 aromatic heterocycles. The van der Waals surface area contributed by atoms with Gasteiger partial charge in [0.05, 0.1) is 0 Å². The Morgan fingerprint density at radius 3 is 2.71 bits per heavy atom. The third-order valence-corrected chi connectivity index (χ3v) is 4.31. The number of nitrogens with zero attached hydrogens (tertiary/aromatic N) is 1. The molecule has 1 aromatic rings. The summed E-state index contributed by atoms with van der Waals surface area (Å²) in [4.78, 5) is 0. The van der Waals surface area contributed by atoms with Crippen LogP contribution in [0.4, 0.5) is 5.69 Å². The second-order valence-electron chi connectivity index (χ2n) is 5.98. The molecule has 1 fully saturated rings. The van der Waals surface area contributed by atoms with Crippen molar-refractivity contribution < 1.29 is 4.74 Å². The number of benzene rings is 1. The molecule has 1 N–H and O–H groups in total. The molecule has 3 heteroatoms. The predicted molar refractivity (Wildman–Crippen MR) is 86.4 cm³/mol. The Balaban J connectivity index is 1.82. The second kappa shape index (κ2) is 8.56. The van der Waals surface area contributed by atoms with Crippen molar-refractivity contribution in [2.75, 3.05) is 11.9 Å². The quantitative estimate of drug-likeness (QED) is 0.767. The Hall–Kier alpha value is -1.69. The standard InChI is InChI=1S/C18H26N2O/c1-2-4-15-5-3-6-16(8-7-15)20-17-9-11-18(12-10-17)21-14-13-19/h9-12,15-16,20H,2-8,14H2,1H3. The molecule has 114 valence electrons. The van der Waals surface area contributed by atoms with Gasteiger partial charge in [-0.05, 0) is 49.4 Å². The van der Waals surface area contributed by atoms with Crippen LogP contribution < -0.4 is 10.1 Å². The molecule has 0 saturated heterocycles. The molecule has 0 radical (unpaired) electrons. The van der Waals surface area contributed by atoms with Crippen LogP contribution >= 0.6 is 0 Å². The first-order valence-corrected chi connectivity index (χ1v) is 8.18. The molecule has 1 saturated carbocycles. The fourth-order valence-electron chi connectivity index (χ4n) is 3.22. The third-order valence-electron chi connectivity index (χ3n) is 4.31. The van der Waals surface area contributed by atoms with Crippen molar-refractivity contribution in [2.45, 2.75) is 57.9 Å². The van der Waals surface area contributed by atoms with Gasteiger partial charge in [-0.1, -0.05) is 32.6 Å². The molecule has 2 rings (SSSR count). The second-order valence-corrected chi connectivity index (χ2v) is 5.98. The maximum Gasteiger partial charge on any atom is 0.174 e. The van der Waals surface area contributed by atoms with Crippen molar-refractivity contribution in [2.24, 2.45) is 5.92 Å². The Morgan fingerprint density at radius 1 is 1.19 bits per heavy atom. The fraction of sp³-hybridized carbons (Fsp3) is 0.611. The number of hydrogen-bond donors (Lipinski definition) is 1. The highest BCUT2D eigenvalue weighted by Crippen LogP contribution is 2.28. The maximum atomic E-state index is 8.50. The van der Waals surface area contributed by atoms with E-state index in [-0.39, 0.29) is 6.61 Å². The SMILES string of the molecule is CCCC1CCCC(Nc2ccc(OCC#N)cc2)CC1. The van der Waals surface area contributed by atoms with Gasteiger partial charge >= 0.3 is 0 Å². The van der Waals surface area contributed by atoms with E-state index in [0.717, 1.165) is 17.4 Å². The highest BCUT2D eigenvalue weighted by molar-refractivity contribution is 5.47. The first-order valence-electron chi connectivity index (χ1n) is 8.18. The summed E-state index contributed by atoms with van der Waals surface area (Å²) in [5.41, 5.74) is 1.15. The predicted octanol–water partition coefficient (Wildman–Crippen LogP) is 4.75. The molecule has 0 heterocycles. The van der Waals surface area contributed by atoms with Crippen molar-refractivity contribution in [1.82, 2.24) is 0 Å². The van der Waals surface area contributed by atoms with Gasteiger partial charge in [-0.15, -0.1) is 0 Å². The molecule has 0 spiro atoms. The Morgan fingerprint density at radius 2 is 2.00 bits per heavy atom. The molecule has 0 aliphatic heterocycles. The Labute approximate surface area is 128 Å². The van der Waals surface area contributed by atoms with Crippen LogP contribution in [0.1, 0.15) is 51.9 Å². The smallest absolute Gasteiger partial charge is 0.174 e. The summed E-state index contributed by atoms with van der Waals surface area (Å²) in [6, 6.07) is 10.5. The molecule has 0 bridgehead atoms. The van der Waals surface area contributed by atoms with Crippen LogP contribution in [-0.4, -0.2) is 12.6 Å². The van der Waals surface area contributed by atoms with Crippen LogP contribution in [-0.2, 0) is 0 Å². The average Bonchev–Trinajstić information content (AvgIpc) is 2.73. The first kappa shape index (κ1) is 15.7. The lowest BCUT2D eigenvalue weighted by Gasteiger charge is -2.18. The Kier molecular flexibility index (Phi) is 6.40. The minimum absolute atomic E-state index is 0.105. The number of hydrogen-bond acceptors (Lipinski definition) is 3. The van der Waals surface area contributed by atoms with Crippen LogP contribution in [0.15, 0.2) is 24.3 Å². The van der Waals surface area contributed by atoms with E-state index in [4.69, 9.17) is 10.00 Å². The van der Waals surface area contributed by atoms with Gasteiger partial charge in [0.2, 0.25) is 0 Å². The molecule has 2 atom stereocenters. The van der Waals surface area contributed by atoms with Gasteiger partial charge in [0.25, 0.3) is 0 Å². The molecule has 21 heavy (non-hydrogen) atoms. The largest absolute Gasteiger partial charge is 0.479 e. The normalized spacial score (nSPS) is 22.1. The van der Waals surface area contributed by atoms with E-state index >= 15 is 0 Å². The topological polar surface area (TPSA) is 45.0 Å². The van der Waals surface area contributed by atoms with Gasteiger partial charge in [0, 0.05) is 11.7 Å². The number of ether oxygens (including phenoxy) is 1. The van der Waals surface area contributed by atoms with Crippen LogP contribution in [0, 0.1) is 17.2 Å². The number of rotatable bonds is 6. The Bertz CT molecular complexity index is 449. The van der Waals surface area contributed by atoms with E-state index in [1.165, 1.54) is 44.9 Å². The summed E-state index contributed by atoms with van der Waals surface area (Å²) in [7, 11) is 0. The summed E-state index contributed by atoms with van der Waals surface area (Å²) in [6.07, 6.45) is 9.34. The van der Waals surface area contributed by atoms with Crippen molar-refractivity contribution in [3.8, 4) is 11.8 Å². The average molecular weight is 286 g/mol. The lowest BCUT2D eigenvalue weighted by molar-refractivity contribution is 0.368. The van der Waals surface area contributed by atoms with E-state index in [2.05, 4.69) is 12.2 Å². The highest BCUT2D eigenvalue weighted by Gasteiger charge is 2.18. The summed E-state index contributed by atoms with van der Waals surface area (Å²) >= 11 is 0. The summed E-state index contributed by atoms with van der Waals surface area (Å²) in [6.45, 7) is 2.39. The number of nitriles is 1. The highest BCUT2D eigenvalue weighted by atomic mass is 16.5. The first-order chi connectivity index (χ1) is 10.3. The van der Waals surface area contributed by atoms with E-state index in [1.807, 2.05) is 30.3 Å². The molecule has 2 unspecified atom stereocenters. The molecule has 1 aromatic carbocycles. The van der Waals surface area contributed by atoms with Crippen molar-refractivity contribution >= 4 is 5.69 Å². The zero-order chi connectivity index (χ0) is 14.9. The van der Waals surface area contributed by atoms with E-state index < -0.39 is 0 Å². The van der Waals surface area contributed by atoms with Gasteiger partial charge in [-0.25, -0.2) is 0 Å². The fourth-order valence-corrected chi connectivity index (χ4v) is 3.22. The summed E-state index contributed by atoms with van der Waals surface area (Å²) in [5.74, 6) is 1.69. The minimum atomic E-state index is 0.105. The number of nitrogens with one attached hydrogen (secondary N) is 1. The molecular formula is C18H26N2O. The lowest BCUT2D eigenvalue weighted by atomic mass is 9.95. The zero-order valence-electron chi connectivity index (χ0n) is 13.0. The van der Waals surface area contributed by atoms with Crippen LogP contribution in [0.2, 0.25) is 0 Å². The molecular weight excluding hydrogens is 260 g/mol. The van der Waals surface area contributed by atoms with E-state index in [0.29, 0.717) is 6.04 Å². The van der Waals surface area contributed by atoms with Crippen LogP contribution in [0.3, 0.4) is 0 Å². The van der Waals surface area contributed by atoms with E-state index in [9.17, 15) is 0 Å². The summed E-state index contributed by atoms with van der Waals surface area (Å²) in [5, 5.41) is 12.1. The van der Waals surface area contributed by atoms with Crippen molar-refractivity contribution in [3.63, 3.8) is 0 Å². The maximum absolute atomic E-state index is 8.50. The molecule has 0 amide bonds. The zero-order valence-corrected chi connectivity index (χ0v) is 13.0. The van der Waals surface area contributed by atoms with E-state index in [1.54, 1.807) is 0 Å². The van der Waals surface area contributed by atoms with Crippen molar-refractivity contribution in [3.05, 3.63) is 24.3 Å². The van der Waals surface area contributed by atoms with Gasteiger partial charge in [0.15, 0.2) is 6.61 Å². The monoisotopic (exact) mass is 286 g/mol. The lowest BCUT2D eigenvalue weighted by Crippen LogP contribution is -2.18. The van der Waals surface area contributed by atoms with Crippen LogP contribution in [0.5, 0.6) is 5.75 Å². The minimum Gasteiger partial charge on any atom is -0.479 e. The molecule has 1 aliphatic rings. The third kappa shape index (κ3) is 5.30. The number of anilines is 1. The molecule has 1 aliphatic carbocycles. The van der Waals surface area contributed by atoms with Gasteiger partial charge < -0.3 is 10.1 Å². The van der Waals surface area contributed by atoms with Gasteiger partial charge in [-0.3, -0.25) is 0 Å². The summed E-state index contributed by atoms with van der Waals surface area (Å²) < 4.78 is 5.27.